The lowest BCUT2D eigenvalue weighted by atomic mass is 9.65. The zero-order valence-corrected chi connectivity index (χ0v) is 14.6. The number of hydrogen-bond donors (Lipinski definition) is 0. The lowest BCUT2D eigenvalue weighted by molar-refractivity contribution is -0.131. The van der Waals surface area contributed by atoms with E-state index >= 15 is 0 Å². The first kappa shape index (κ1) is 16.3. The maximum Gasteiger partial charge on any atom is 0.219 e. The van der Waals surface area contributed by atoms with Crippen LogP contribution in [0.5, 0.6) is 0 Å². The van der Waals surface area contributed by atoms with Crippen molar-refractivity contribution in [1.29, 1.82) is 0 Å². The topological polar surface area (TPSA) is 23.6 Å². The first-order valence-corrected chi connectivity index (χ1v) is 9.54. The molecule has 1 aliphatic carbocycles. The molecule has 0 aromatic heterocycles. The Hall–Kier alpha value is -0.570. The Morgan fingerprint density at radius 1 is 0.955 bits per heavy atom. The van der Waals surface area contributed by atoms with Crippen LogP contribution < -0.4 is 0 Å². The summed E-state index contributed by atoms with van der Waals surface area (Å²) in [5.74, 6) is 2.14. The van der Waals surface area contributed by atoms with Crippen LogP contribution in [0.4, 0.5) is 0 Å². The van der Waals surface area contributed by atoms with E-state index in [1.165, 1.54) is 71.0 Å². The molecule has 1 amide bonds. The summed E-state index contributed by atoms with van der Waals surface area (Å²) in [4.78, 5) is 16.3. The lowest BCUT2D eigenvalue weighted by Crippen LogP contribution is -2.45. The van der Waals surface area contributed by atoms with Gasteiger partial charge in [-0.3, -0.25) is 4.79 Å². The van der Waals surface area contributed by atoms with Crippen LogP contribution in [0.2, 0.25) is 0 Å². The molecule has 3 fully saturated rings. The highest BCUT2D eigenvalue weighted by Gasteiger charge is 2.38. The van der Waals surface area contributed by atoms with E-state index in [1.54, 1.807) is 6.92 Å². The summed E-state index contributed by atoms with van der Waals surface area (Å²) in [7, 11) is 0. The Bertz CT molecular complexity index is 369. The van der Waals surface area contributed by atoms with Gasteiger partial charge in [-0.2, -0.15) is 0 Å². The maximum atomic E-state index is 11.5. The zero-order chi connectivity index (χ0) is 15.6. The van der Waals surface area contributed by atoms with Crippen LogP contribution >= 0.6 is 0 Å². The van der Waals surface area contributed by atoms with Crippen LogP contribution in [-0.2, 0) is 4.79 Å². The van der Waals surface area contributed by atoms with Crippen molar-refractivity contribution in [3.63, 3.8) is 0 Å². The molecule has 1 spiro atoms. The largest absolute Gasteiger partial charge is 0.343 e. The van der Waals surface area contributed by atoms with E-state index < -0.39 is 0 Å². The van der Waals surface area contributed by atoms with Crippen LogP contribution in [-0.4, -0.2) is 48.4 Å². The van der Waals surface area contributed by atoms with Crippen molar-refractivity contribution in [2.45, 2.75) is 65.2 Å². The normalized spacial score (nSPS) is 28.2. The summed E-state index contributed by atoms with van der Waals surface area (Å²) in [5.41, 5.74) is 0.582. The van der Waals surface area contributed by atoms with Crippen molar-refractivity contribution in [2.75, 3.05) is 32.7 Å². The highest BCUT2D eigenvalue weighted by Crippen LogP contribution is 2.46. The molecule has 3 aliphatic rings. The molecule has 126 valence electrons. The number of carbonyl (C=O) groups is 1. The van der Waals surface area contributed by atoms with Gasteiger partial charge in [-0.15, -0.1) is 0 Å². The predicted octanol–water partition coefficient (Wildman–Crippen LogP) is 3.54. The van der Waals surface area contributed by atoms with Gasteiger partial charge in [-0.1, -0.05) is 6.92 Å². The fourth-order valence-corrected chi connectivity index (χ4v) is 4.88. The average molecular weight is 306 g/mol. The Kier molecular flexibility index (Phi) is 5.11. The quantitative estimate of drug-likeness (QED) is 0.779. The summed E-state index contributed by atoms with van der Waals surface area (Å²) in [5, 5.41) is 0. The number of carbonyl (C=O) groups excluding carboxylic acids is 1. The lowest BCUT2D eigenvalue weighted by Gasteiger charge is -2.46. The molecule has 0 unspecified atom stereocenters. The SMILES string of the molecule is CC(=O)N1CCC2(CCC(CN3CCC(C)CC3)CC2)CC1. The molecule has 22 heavy (non-hydrogen) atoms. The van der Waals surface area contributed by atoms with Crippen molar-refractivity contribution < 1.29 is 4.79 Å². The van der Waals surface area contributed by atoms with Gasteiger partial charge in [0.15, 0.2) is 0 Å². The standard InChI is InChI=1S/C19H34N2O/c1-16-5-11-20(12-6-16)15-18-3-7-19(8-4-18)9-13-21(14-10-19)17(2)22/h16,18H,3-15H2,1-2H3. The molecule has 0 radical (unpaired) electrons. The molecule has 2 aliphatic heterocycles. The molecular weight excluding hydrogens is 272 g/mol. The third-order valence-electron chi connectivity index (χ3n) is 6.83. The highest BCUT2D eigenvalue weighted by atomic mass is 16.2. The summed E-state index contributed by atoms with van der Waals surface area (Å²) >= 11 is 0. The van der Waals surface area contributed by atoms with Crippen molar-refractivity contribution in [2.24, 2.45) is 17.3 Å². The van der Waals surface area contributed by atoms with E-state index in [4.69, 9.17) is 0 Å². The third-order valence-corrected chi connectivity index (χ3v) is 6.83. The van der Waals surface area contributed by atoms with Gasteiger partial charge in [0.05, 0.1) is 0 Å². The average Bonchev–Trinajstić information content (AvgIpc) is 2.52. The molecule has 0 aromatic rings. The van der Waals surface area contributed by atoms with Gasteiger partial charge in [0.25, 0.3) is 0 Å². The van der Waals surface area contributed by atoms with E-state index in [9.17, 15) is 4.79 Å². The van der Waals surface area contributed by atoms with E-state index in [1.807, 2.05) is 4.90 Å². The molecular formula is C19H34N2O. The number of nitrogens with zero attached hydrogens (tertiary/aromatic N) is 2. The van der Waals surface area contributed by atoms with Gasteiger partial charge in [0.2, 0.25) is 5.91 Å². The number of rotatable bonds is 2. The Morgan fingerprint density at radius 3 is 2.09 bits per heavy atom. The van der Waals surface area contributed by atoms with Crippen molar-refractivity contribution >= 4 is 5.91 Å². The summed E-state index contributed by atoms with van der Waals surface area (Å²) < 4.78 is 0. The summed E-state index contributed by atoms with van der Waals surface area (Å²) in [6.45, 7) is 10.1. The minimum absolute atomic E-state index is 0.267. The van der Waals surface area contributed by atoms with Gasteiger partial charge >= 0.3 is 0 Å². The van der Waals surface area contributed by atoms with Crippen molar-refractivity contribution in [3.05, 3.63) is 0 Å². The minimum atomic E-state index is 0.267. The molecule has 3 heteroatoms. The first-order chi connectivity index (χ1) is 10.6. The van der Waals surface area contributed by atoms with Gasteiger partial charge in [-0.25, -0.2) is 0 Å². The second-order valence-electron chi connectivity index (χ2n) is 8.43. The van der Waals surface area contributed by atoms with Crippen LogP contribution in [0.25, 0.3) is 0 Å². The fraction of sp³-hybridized carbons (Fsp3) is 0.947. The monoisotopic (exact) mass is 306 g/mol. The number of hydrogen-bond acceptors (Lipinski definition) is 2. The molecule has 2 saturated heterocycles. The summed E-state index contributed by atoms with van der Waals surface area (Å²) in [6.07, 6.45) is 11.0. The predicted molar refractivity (Wildman–Crippen MR) is 90.7 cm³/mol. The van der Waals surface area contributed by atoms with Gasteiger partial charge < -0.3 is 9.80 Å². The maximum absolute atomic E-state index is 11.5. The Balaban J connectivity index is 1.42. The molecule has 2 heterocycles. The Morgan fingerprint density at radius 2 is 1.55 bits per heavy atom. The molecule has 1 saturated carbocycles. The van der Waals surface area contributed by atoms with Gasteiger partial charge in [0, 0.05) is 26.6 Å². The van der Waals surface area contributed by atoms with Crippen LogP contribution in [0.1, 0.15) is 65.2 Å². The van der Waals surface area contributed by atoms with E-state index in [0.717, 1.165) is 24.9 Å². The highest BCUT2D eigenvalue weighted by molar-refractivity contribution is 5.73. The first-order valence-electron chi connectivity index (χ1n) is 9.54. The van der Waals surface area contributed by atoms with Crippen LogP contribution in [0, 0.1) is 17.3 Å². The molecule has 3 rings (SSSR count). The third kappa shape index (κ3) is 3.84. The van der Waals surface area contributed by atoms with Gasteiger partial charge in [0.1, 0.15) is 0 Å². The number of likely N-dealkylation sites (tertiary alicyclic amines) is 2. The molecule has 3 nitrogen and oxygen atoms in total. The van der Waals surface area contributed by atoms with Gasteiger partial charge in [-0.05, 0) is 81.7 Å². The fourth-order valence-electron chi connectivity index (χ4n) is 4.88. The zero-order valence-electron chi connectivity index (χ0n) is 14.6. The number of amides is 1. The van der Waals surface area contributed by atoms with E-state index in [-0.39, 0.29) is 5.91 Å². The second kappa shape index (κ2) is 6.90. The smallest absolute Gasteiger partial charge is 0.219 e. The molecule has 0 N–H and O–H groups in total. The van der Waals surface area contributed by atoms with Crippen LogP contribution in [0.3, 0.4) is 0 Å². The van der Waals surface area contributed by atoms with Crippen molar-refractivity contribution in [1.82, 2.24) is 9.80 Å². The van der Waals surface area contributed by atoms with Crippen LogP contribution in [0.15, 0.2) is 0 Å². The molecule has 0 aromatic carbocycles. The minimum Gasteiger partial charge on any atom is -0.343 e. The number of piperidine rings is 2. The summed E-state index contributed by atoms with van der Waals surface area (Å²) in [6, 6.07) is 0. The van der Waals surface area contributed by atoms with E-state index in [0.29, 0.717) is 5.41 Å². The van der Waals surface area contributed by atoms with Crippen molar-refractivity contribution in [3.8, 4) is 0 Å². The molecule has 0 bridgehead atoms. The second-order valence-corrected chi connectivity index (χ2v) is 8.43. The molecule has 0 atom stereocenters. The Labute approximate surface area is 136 Å². The van der Waals surface area contributed by atoms with E-state index in [2.05, 4.69) is 11.8 Å².